The normalized spacial score (nSPS) is 12.8. The van der Waals surface area contributed by atoms with E-state index in [9.17, 15) is 0 Å². The molecule has 0 bridgehead atoms. The Morgan fingerprint density at radius 3 is 1.35 bits per heavy atom. The number of pyridine rings is 2. The van der Waals surface area contributed by atoms with Crippen LogP contribution in [-0.2, 0) is 5.41 Å². The quantitative estimate of drug-likeness (QED) is 0.159. The van der Waals surface area contributed by atoms with Gasteiger partial charge in [0, 0.05) is 40.1 Å². The Balaban J connectivity index is 1.10. The van der Waals surface area contributed by atoms with E-state index in [-0.39, 0.29) is 5.41 Å². The molecule has 0 unspecified atom stereocenters. The number of aromatic nitrogens is 8. The third-order valence-electron chi connectivity index (χ3n) is 9.07. The third kappa shape index (κ3) is 6.72. The average Bonchev–Trinajstić information content (AvgIpc) is 3.22. The van der Waals surface area contributed by atoms with E-state index in [1.807, 2.05) is 66.7 Å². The fourth-order valence-corrected chi connectivity index (χ4v) is 6.09. The zero-order valence-electron chi connectivity index (χ0n) is 28.3. The number of hydrogen-bond donors (Lipinski definition) is 0. The fraction of sp³-hybridized carbons (Fsp3) is 0.116. The van der Waals surface area contributed by atoms with E-state index in [2.05, 4.69) is 90.6 Å². The van der Waals surface area contributed by atoms with E-state index in [0.717, 1.165) is 40.7 Å². The molecule has 7 aromatic rings. The van der Waals surface area contributed by atoms with Crippen molar-refractivity contribution in [3.63, 3.8) is 0 Å². The molecule has 0 saturated carbocycles. The summed E-state index contributed by atoms with van der Waals surface area (Å²) in [5.41, 5.74) is 7.20. The van der Waals surface area contributed by atoms with Crippen LogP contribution in [0.3, 0.4) is 0 Å². The second-order valence-corrected chi connectivity index (χ2v) is 12.8. The molecule has 4 heterocycles. The molecule has 0 atom stereocenters. The van der Waals surface area contributed by atoms with Crippen LogP contribution in [0, 0.1) is 0 Å². The van der Waals surface area contributed by atoms with Crippen LogP contribution in [0.15, 0.2) is 146 Å². The Hall–Kier alpha value is -6.54. The molecule has 246 valence electrons. The van der Waals surface area contributed by atoms with Crippen LogP contribution in [0.1, 0.15) is 43.6 Å². The first kappa shape index (κ1) is 31.7. The van der Waals surface area contributed by atoms with Crippen molar-refractivity contribution < 1.29 is 0 Å². The van der Waals surface area contributed by atoms with Crippen LogP contribution >= 0.6 is 0 Å². The summed E-state index contributed by atoms with van der Waals surface area (Å²) in [6, 6.07) is 38.4. The fourth-order valence-electron chi connectivity index (χ4n) is 6.09. The molecule has 0 saturated heterocycles. The van der Waals surface area contributed by atoms with E-state index in [1.165, 1.54) is 5.56 Å². The Bertz CT molecular complexity index is 2300. The van der Waals surface area contributed by atoms with Crippen LogP contribution in [0.5, 0.6) is 0 Å². The molecular weight excluding hydrogens is 629 g/mol. The Kier molecular flexibility index (Phi) is 8.56. The molecule has 51 heavy (non-hydrogen) atoms. The van der Waals surface area contributed by atoms with Crippen molar-refractivity contribution in [2.24, 2.45) is 0 Å². The number of hydrogen-bond acceptors (Lipinski definition) is 8. The second kappa shape index (κ2) is 13.8. The van der Waals surface area contributed by atoms with Crippen LogP contribution < -0.4 is 0 Å². The Morgan fingerprint density at radius 1 is 0.431 bits per heavy atom. The lowest BCUT2D eigenvalue weighted by Crippen LogP contribution is -2.18. The number of nitrogens with zero attached hydrogens (tertiary/aromatic N) is 8. The number of allylic oxidation sites excluding steroid dienone is 4. The zero-order chi connectivity index (χ0) is 34.6. The van der Waals surface area contributed by atoms with Crippen molar-refractivity contribution >= 4 is 5.57 Å². The topological polar surface area (TPSA) is 103 Å². The molecule has 1 aliphatic rings. The molecule has 8 nitrogen and oxygen atoms in total. The van der Waals surface area contributed by atoms with Crippen molar-refractivity contribution in [2.75, 3.05) is 0 Å². The Labute approximate surface area is 296 Å². The monoisotopic (exact) mass is 662 g/mol. The van der Waals surface area contributed by atoms with Gasteiger partial charge in [-0.1, -0.05) is 123 Å². The molecule has 8 heteroatoms. The molecule has 0 aliphatic heterocycles. The van der Waals surface area contributed by atoms with E-state index in [4.69, 9.17) is 29.9 Å². The van der Waals surface area contributed by atoms with Gasteiger partial charge in [0.15, 0.2) is 34.9 Å². The van der Waals surface area contributed by atoms with Crippen LogP contribution in [-0.4, -0.2) is 39.9 Å². The first-order chi connectivity index (χ1) is 25.0. The predicted octanol–water partition coefficient (Wildman–Crippen LogP) is 9.24. The largest absolute Gasteiger partial charge is 0.253 e. The smallest absolute Gasteiger partial charge is 0.182 e. The second-order valence-electron chi connectivity index (χ2n) is 12.8. The van der Waals surface area contributed by atoms with E-state index in [0.29, 0.717) is 46.3 Å². The van der Waals surface area contributed by atoms with E-state index < -0.39 is 0 Å². The van der Waals surface area contributed by atoms with Gasteiger partial charge in [-0.15, -0.1) is 0 Å². The first-order valence-electron chi connectivity index (χ1n) is 17.0. The molecule has 0 amide bonds. The lowest BCUT2D eigenvalue weighted by atomic mass is 9.77. The predicted molar refractivity (Wildman–Crippen MR) is 201 cm³/mol. The van der Waals surface area contributed by atoms with Crippen molar-refractivity contribution in [1.29, 1.82) is 0 Å². The first-order valence-corrected chi connectivity index (χ1v) is 17.0. The molecule has 4 aromatic heterocycles. The maximum atomic E-state index is 4.90. The van der Waals surface area contributed by atoms with Gasteiger partial charge in [0.05, 0.1) is 0 Å². The highest BCUT2D eigenvalue weighted by molar-refractivity contribution is 5.73. The molecule has 0 radical (unpaired) electrons. The highest BCUT2D eigenvalue weighted by atomic mass is 15.1. The molecule has 8 rings (SSSR count). The van der Waals surface area contributed by atoms with Gasteiger partial charge in [0.1, 0.15) is 11.4 Å². The highest BCUT2D eigenvalue weighted by Crippen LogP contribution is 2.34. The summed E-state index contributed by atoms with van der Waals surface area (Å²) in [5, 5.41) is 0. The van der Waals surface area contributed by atoms with Crippen molar-refractivity contribution in [2.45, 2.75) is 32.1 Å². The standard InChI is InChI=1S/C43H34N8/c1-43(2,33-23-19-31(20-24-33)39-46-37(29-13-5-3-6-14-29)48-41(50-39)35-17-9-11-27-44-35)34-25-21-32(22-26-34)40-47-38(30-15-7-4-8-16-30)49-42(51-40)36-18-10-12-28-45-36/h3,5-7,9-28H,4,8H2,1-2H3. The molecule has 0 N–H and O–H groups in total. The molecule has 1 aliphatic carbocycles. The summed E-state index contributed by atoms with van der Waals surface area (Å²) in [7, 11) is 0. The minimum Gasteiger partial charge on any atom is -0.253 e. The lowest BCUT2D eigenvalue weighted by Gasteiger charge is -2.26. The van der Waals surface area contributed by atoms with Gasteiger partial charge in [-0.05, 0) is 48.2 Å². The minimum absolute atomic E-state index is 0.286. The van der Waals surface area contributed by atoms with Crippen LogP contribution in [0.25, 0.3) is 62.8 Å². The summed E-state index contributed by atoms with van der Waals surface area (Å²) >= 11 is 0. The summed E-state index contributed by atoms with van der Waals surface area (Å²) in [6.07, 6.45) is 11.9. The number of benzene rings is 3. The molecule has 0 fully saturated rings. The van der Waals surface area contributed by atoms with Gasteiger partial charge in [0.2, 0.25) is 0 Å². The molecular formula is C43H34N8. The van der Waals surface area contributed by atoms with Gasteiger partial charge in [-0.2, -0.15) is 0 Å². The summed E-state index contributed by atoms with van der Waals surface area (Å²) in [5.74, 6) is 3.57. The third-order valence-corrected chi connectivity index (χ3v) is 9.07. The summed E-state index contributed by atoms with van der Waals surface area (Å²) < 4.78 is 0. The van der Waals surface area contributed by atoms with E-state index >= 15 is 0 Å². The van der Waals surface area contributed by atoms with Gasteiger partial charge < -0.3 is 0 Å². The van der Waals surface area contributed by atoms with Crippen molar-refractivity contribution in [1.82, 2.24) is 39.9 Å². The molecule has 3 aromatic carbocycles. The van der Waals surface area contributed by atoms with Crippen molar-refractivity contribution in [3.8, 4) is 57.2 Å². The van der Waals surface area contributed by atoms with Crippen molar-refractivity contribution in [3.05, 3.63) is 163 Å². The maximum Gasteiger partial charge on any atom is 0.182 e. The number of rotatable bonds is 8. The molecule has 0 spiro atoms. The average molecular weight is 663 g/mol. The lowest BCUT2D eigenvalue weighted by molar-refractivity contribution is 0.641. The van der Waals surface area contributed by atoms with E-state index in [1.54, 1.807) is 12.4 Å². The summed E-state index contributed by atoms with van der Waals surface area (Å²) in [6.45, 7) is 4.46. The van der Waals surface area contributed by atoms with Crippen LogP contribution in [0.4, 0.5) is 0 Å². The minimum atomic E-state index is -0.286. The van der Waals surface area contributed by atoms with Gasteiger partial charge >= 0.3 is 0 Å². The van der Waals surface area contributed by atoms with Gasteiger partial charge in [-0.3, -0.25) is 9.97 Å². The Morgan fingerprint density at radius 2 is 0.882 bits per heavy atom. The highest BCUT2D eigenvalue weighted by Gasteiger charge is 2.24. The SMILES string of the molecule is CC(C)(c1ccc(-c2nc(C3=CCCC=C3)nc(-c3ccccn3)n2)cc1)c1ccc(-c2nc(-c3ccccc3)nc(-c3ccccn3)n2)cc1. The van der Waals surface area contributed by atoms with Gasteiger partial charge in [0.25, 0.3) is 0 Å². The van der Waals surface area contributed by atoms with Crippen LogP contribution in [0.2, 0.25) is 0 Å². The maximum absolute atomic E-state index is 4.90. The zero-order valence-corrected chi connectivity index (χ0v) is 28.3. The van der Waals surface area contributed by atoms with Gasteiger partial charge in [-0.25, -0.2) is 29.9 Å². The summed E-state index contributed by atoms with van der Waals surface area (Å²) in [4.78, 5) is 38.0.